The largest absolute Gasteiger partial charge is 0.205 e. The molecule has 0 aliphatic rings. The molecule has 1 heterocycles. The fourth-order valence-corrected chi connectivity index (χ4v) is 1.55. The zero-order chi connectivity index (χ0) is 8.39. The van der Waals surface area contributed by atoms with Gasteiger partial charge in [-0.15, -0.1) is 10.2 Å². The van der Waals surface area contributed by atoms with Crippen LogP contribution < -0.4 is 0 Å². The lowest BCUT2D eigenvalue weighted by molar-refractivity contribution is 0.881. The summed E-state index contributed by atoms with van der Waals surface area (Å²) in [5.74, 6) is 0.639. The number of hydrogen-bond acceptors (Lipinski definition) is 3. The molecule has 0 unspecified atom stereocenters. The van der Waals surface area contributed by atoms with Crippen LogP contribution in [0.2, 0.25) is 0 Å². The number of nitrogens with one attached hydrogen (secondary N) is 1. The van der Waals surface area contributed by atoms with Gasteiger partial charge >= 0.3 is 0 Å². The maximum Gasteiger partial charge on any atom is 0.205 e. The maximum absolute atomic E-state index is 3.90. The van der Waals surface area contributed by atoms with E-state index in [4.69, 9.17) is 0 Å². The van der Waals surface area contributed by atoms with Crippen molar-refractivity contribution in [2.24, 2.45) is 0 Å². The number of aromatic amines is 1. The molecule has 0 fully saturated rings. The van der Waals surface area contributed by atoms with Gasteiger partial charge in [0.05, 0.1) is 0 Å². The molecule has 0 atom stereocenters. The van der Waals surface area contributed by atoms with E-state index in [0.717, 1.165) is 9.13 Å². The van der Waals surface area contributed by atoms with E-state index in [1.807, 2.05) is 24.3 Å². The quantitative estimate of drug-likeness (QED) is 0.800. The molecule has 12 heavy (non-hydrogen) atoms. The second-order valence-corrected chi connectivity index (χ2v) is 3.38. The summed E-state index contributed by atoms with van der Waals surface area (Å²) in [5, 5.41) is 13.7. The maximum atomic E-state index is 3.90. The predicted octanol–water partition coefficient (Wildman–Crippen LogP) is 1.47. The summed E-state index contributed by atoms with van der Waals surface area (Å²) in [6, 6.07) is 7.90. The highest BCUT2D eigenvalue weighted by Crippen LogP contribution is 2.19. The van der Waals surface area contributed by atoms with Crippen molar-refractivity contribution in [3.05, 3.63) is 27.8 Å². The first-order valence-electron chi connectivity index (χ1n) is 3.36. The van der Waals surface area contributed by atoms with E-state index in [-0.39, 0.29) is 0 Å². The Hall–Kier alpha value is -0.980. The second kappa shape index (κ2) is 3.18. The Bertz CT molecular complexity index is 371. The molecule has 0 radical (unpaired) electrons. The van der Waals surface area contributed by atoms with Crippen LogP contribution in [0.4, 0.5) is 0 Å². The Balaban J connectivity index is 2.55. The first kappa shape index (κ1) is 7.66. The van der Waals surface area contributed by atoms with Crippen LogP contribution in [-0.4, -0.2) is 20.6 Å². The molecule has 2 rings (SSSR count). The van der Waals surface area contributed by atoms with Crippen LogP contribution in [0.15, 0.2) is 24.3 Å². The predicted molar refractivity (Wildman–Crippen MR) is 52.3 cm³/mol. The number of rotatable bonds is 1. The number of nitrogens with zero attached hydrogens (tertiary/aromatic N) is 3. The summed E-state index contributed by atoms with van der Waals surface area (Å²) in [6.45, 7) is 0. The van der Waals surface area contributed by atoms with Gasteiger partial charge in [-0.1, -0.05) is 12.1 Å². The van der Waals surface area contributed by atoms with E-state index in [1.165, 1.54) is 0 Å². The molecule has 0 spiro atoms. The standard InChI is InChI=1S/C7H5IN4/c8-6-4-2-1-3-5(6)7-9-11-12-10-7/h1-4H,(H,9,10,11,12). The molecule has 60 valence electrons. The molecule has 5 heteroatoms. The van der Waals surface area contributed by atoms with Gasteiger partial charge in [-0.2, -0.15) is 5.21 Å². The minimum Gasteiger partial charge on any atom is -0.177 e. The van der Waals surface area contributed by atoms with E-state index in [9.17, 15) is 0 Å². The third kappa shape index (κ3) is 1.31. The minimum absolute atomic E-state index is 0.639. The summed E-state index contributed by atoms with van der Waals surface area (Å²) in [5.41, 5.74) is 1.01. The van der Waals surface area contributed by atoms with Gasteiger partial charge in [0.2, 0.25) is 5.82 Å². The van der Waals surface area contributed by atoms with Gasteiger partial charge in [0.15, 0.2) is 0 Å². The van der Waals surface area contributed by atoms with Crippen LogP contribution in [0.1, 0.15) is 0 Å². The van der Waals surface area contributed by atoms with Gasteiger partial charge in [-0.3, -0.25) is 0 Å². The van der Waals surface area contributed by atoms with Crippen LogP contribution in [0, 0.1) is 3.57 Å². The van der Waals surface area contributed by atoms with Crippen molar-refractivity contribution in [1.29, 1.82) is 0 Å². The molecule has 0 aliphatic heterocycles. The van der Waals surface area contributed by atoms with Crippen molar-refractivity contribution >= 4 is 22.6 Å². The van der Waals surface area contributed by atoms with Crippen molar-refractivity contribution in [1.82, 2.24) is 20.6 Å². The van der Waals surface area contributed by atoms with E-state index >= 15 is 0 Å². The summed E-state index contributed by atoms with van der Waals surface area (Å²) in [7, 11) is 0. The van der Waals surface area contributed by atoms with Crippen LogP contribution >= 0.6 is 22.6 Å². The van der Waals surface area contributed by atoms with Crippen molar-refractivity contribution in [3.63, 3.8) is 0 Å². The Morgan fingerprint density at radius 2 is 2.08 bits per heavy atom. The normalized spacial score (nSPS) is 10.1. The van der Waals surface area contributed by atoms with Crippen LogP contribution in [0.3, 0.4) is 0 Å². The molecule has 0 aliphatic carbocycles. The molecular formula is C7H5IN4. The minimum atomic E-state index is 0.639. The van der Waals surface area contributed by atoms with Gasteiger partial charge < -0.3 is 0 Å². The highest BCUT2D eigenvalue weighted by molar-refractivity contribution is 14.1. The highest BCUT2D eigenvalue weighted by atomic mass is 127. The molecule has 4 nitrogen and oxygen atoms in total. The zero-order valence-corrected chi connectivity index (χ0v) is 8.19. The molecule has 1 aromatic carbocycles. The smallest absolute Gasteiger partial charge is 0.177 e. The molecule has 0 amide bonds. The van der Waals surface area contributed by atoms with Crippen molar-refractivity contribution in [2.75, 3.05) is 0 Å². The lowest BCUT2D eigenvalue weighted by atomic mass is 10.2. The molecular weight excluding hydrogens is 267 g/mol. The summed E-state index contributed by atoms with van der Waals surface area (Å²) in [4.78, 5) is 0. The monoisotopic (exact) mass is 272 g/mol. The fourth-order valence-electron chi connectivity index (χ4n) is 0.918. The Morgan fingerprint density at radius 3 is 2.75 bits per heavy atom. The lowest BCUT2D eigenvalue weighted by Crippen LogP contribution is -1.84. The number of hydrogen-bond donors (Lipinski definition) is 1. The first-order chi connectivity index (χ1) is 5.88. The van der Waals surface area contributed by atoms with Crippen LogP contribution in [0.5, 0.6) is 0 Å². The Morgan fingerprint density at radius 1 is 1.25 bits per heavy atom. The summed E-state index contributed by atoms with van der Waals surface area (Å²) in [6.07, 6.45) is 0. The molecule has 0 saturated heterocycles. The van der Waals surface area contributed by atoms with Crippen molar-refractivity contribution in [2.45, 2.75) is 0 Å². The highest BCUT2D eigenvalue weighted by Gasteiger charge is 2.04. The second-order valence-electron chi connectivity index (χ2n) is 2.22. The summed E-state index contributed by atoms with van der Waals surface area (Å²) < 4.78 is 1.12. The van der Waals surface area contributed by atoms with Crippen LogP contribution in [-0.2, 0) is 0 Å². The topological polar surface area (TPSA) is 54.5 Å². The molecule has 1 aromatic heterocycles. The third-order valence-electron chi connectivity index (χ3n) is 1.46. The fraction of sp³-hybridized carbons (Fsp3) is 0. The number of aromatic nitrogens is 4. The zero-order valence-electron chi connectivity index (χ0n) is 6.03. The van der Waals surface area contributed by atoms with E-state index < -0.39 is 0 Å². The number of H-pyrrole nitrogens is 1. The van der Waals surface area contributed by atoms with Crippen LogP contribution in [0.25, 0.3) is 11.4 Å². The van der Waals surface area contributed by atoms with E-state index in [2.05, 4.69) is 43.2 Å². The van der Waals surface area contributed by atoms with E-state index in [1.54, 1.807) is 0 Å². The number of tetrazole rings is 1. The summed E-state index contributed by atoms with van der Waals surface area (Å²) >= 11 is 2.24. The van der Waals surface area contributed by atoms with E-state index in [0.29, 0.717) is 5.82 Å². The molecule has 0 saturated carbocycles. The van der Waals surface area contributed by atoms with Crippen molar-refractivity contribution < 1.29 is 0 Å². The average molecular weight is 272 g/mol. The Kier molecular flexibility index (Phi) is 2.03. The SMILES string of the molecule is Ic1ccccc1-c1nn[nH]n1. The van der Waals surface area contributed by atoms with Crippen molar-refractivity contribution in [3.8, 4) is 11.4 Å². The van der Waals surface area contributed by atoms with Gasteiger partial charge in [-0.05, 0) is 39.9 Å². The number of halogens is 1. The average Bonchev–Trinajstić information content (AvgIpc) is 2.57. The van der Waals surface area contributed by atoms with Gasteiger partial charge in [0.1, 0.15) is 0 Å². The number of benzene rings is 1. The Labute approximate surface area is 82.5 Å². The lowest BCUT2D eigenvalue weighted by Gasteiger charge is -1.95. The molecule has 0 bridgehead atoms. The molecule has 1 N–H and O–H groups in total. The van der Waals surface area contributed by atoms with Gasteiger partial charge in [0, 0.05) is 9.13 Å². The molecule has 2 aromatic rings. The third-order valence-corrected chi connectivity index (χ3v) is 2.40. The first-order valence-corrected chi connectivity index (χ1v) is 4.44. The van der Waals surface area contributed by atoms with Gasteiger partial charge in [0.25, 0.3) is 0 Å². The van der Waals surface area contributed by atoms with Gasteiger partial charge in [-0.25, -0.2) is 0 Å².